The number of ether oxygens (including phenoxy) is 1. The van der Waals surface area contributed by atoms with Gasteiger partial charge in [0, 0.05) is 4.91 Å². The van der Waals surface area contributed by atoms with Crippen molar-refractivity contribution in [2.75, 3.05) is 13.2 Å². The van der Waals surface area contributed by atoms with Crippen molar-refractivity contribution < 1.29 is 34.2 Å². The number of rotatable bonds is 7. The summed E-state index contributed by atoms with van der Waals surface area (Å²) >= 11 is 0. The summed E-state index contributed by atoms with van der Waals surface area (Å²) in [5.41, 5.74) is 12.6. The van der Waals surface area contributed by atoms with Gasteiger partial charge in [-0.1, -0.05) is 5.11 Å². The van der Waals surface area contributed by atoms with Crippen molar-refractivity contribution in [1.29, 1.82) is 0 Å². The molecule has 0 aliphatic rings. The van der Waals surface area contributed by atoms with Gasteiger partial charge in [0.15, 0.2) is 6.61 Å². The number of carbonyl (C=O) groups excluding carboxylic acids is 2. The summed E-state index contributed by atoms with van der Waals surface area (Å²) in [5.74, 6) is -2.70. The molecule has 0 aliphatic carbocycles. The second kappa shape index (κ2) is 8.90. The Labute approximate surface area is 131 Å². The average molecular weight is 333 g/mol. The molecule has 12 heteroatoms. The van der Waals surface area contributed by atoms with Gasteiger partial charge in [-0.2, -0.15) is 0 Å². The molecule has 0 fully saturated rings. The van der Waals surface area contributed by atoms with Crippen LogP contribution in [0.1, 0.15) is 20.8 Å². The molecule has 2 unspecified atom stereocenters. The molecule has 0 rings (SSSR count). The molecule has 0 aromatic heterocycles. The van der Waals surface area contributed by atoms with Gasteiger partial charge in [-0.05, 0) is 26.3 Å². The van der Waals surface area contributed by atoms with E-state index >= 15 is 0 Å². The smallest absolute Gasteiger partial charge is 0.442 e. The number of hydrogen-bond acceptors (Lipinski definition) is 8. The molecule has 0 bridgehead atoms. The maximum absolute atomic E-state index is 12.1. The van der Waals surface area contributed by atoms with Crippen LogP contribution in [0, 0.1) is 0 Å². The van der Waals surface area contributed by atoms with E-state index in [0.29, 0.717) is 0 Å². The first kappa shape index (κ1) is 20.6. The second-order valence-corrected chi connectivity index (χ2v) is 5.29. The lowest BCUT2D eigenvalue weighted by Gasteiger charge is -2.27. The number of nitrogens with zero attached hydrogens (tertiary/aromatic N) is 4. The number of aliphatic hydroxyl groups excluding tert-OH is 1. The molecule has 0 aromatic rings. The first-order valence-electron chi connectivity index (χ1n) is 6.35. The number of nitrogens with two attached hydrogens (primary N) is 1. The van der Waals surface area contributed by atoms with Gasteiger partial charge in [0.2, 0.25) is 0 Å². The third kappa shape index (κ3) is 7.97. The van der Waals surface area contributed by atoms with Crippen molar-refractivity contribution in [3.63, 3.8) is 0 Å². The summed E-state index contributed by atoms with van der Waals surface area (Å²) in [4.78, 5) is 41.5. The number of imide groups is 1. The maximum atomic E-state index is 12.1. The monoisotopic (exact) mass is 333 g/mol. The van der Waals surface area contributed by atoms with Gasteiger partial charge in [-0.3, -0.25) is 4.79 Å². The molecule has 0 aliphatic heterocycles. The molecule has 0 spiro atoms. The molecule has 0 aromatic carbocycles. The van der Waals surface area contributed by atoms with Crippen LogP contribution in [-0.4, -0.2) is 64.1 Å². The number of hydroxylamine groups is 2. The van der Waals surface area contributed by atoms with Crippen LogP contribution in [0.4, 0.5) is 4.79 Å². The molecular weight excluding hydrogens is 314 g/mol. The van der Waals surface area contributed by atoms with E-state index in [-0.39, 0.29) is 5.06 Å². The second-order valence-electron chi connectivity index (χ2n) is 5.29. The molecule has 0 heterocycles. The Kier molecular flexibility index (Phi) is 7.97. The minimum Gasteiger partial charge on any atom is -0.479 e. The van der Waals surface area contributed by atoms with E-state index in [9.17, 15) is 19.5 Å². The van der Waals surface area contributed by atoms with Gasteiger partial charge in [0.05, 0.1) is 12.6 Å². The summed E-state index contributed by atoms with van der Waals surface area (Å²) in [6.07, 6.45) is -2.90. The molecule has 0 radical (unpaired) electrons. The SMILES string of the molecule is CC(C)(C)OC(=O)N(OCC(=O)O)C(=O)C(N)C(O)CN=[N+]=[N-]. The Morgan fingerprint density at radius 2 is 1.96 bits per heavy atom. The number of hydrogen-bond donors (Lipinski definition) is 3. The van der Waals surface area contributed by atoms with Gasteiger partial charge < -0.3 is 20.7 Å². The largest absolute Gasteiger partial charge is 0.479 e. The van der Waals surface area contributed by atoms with Crippen molar-refractivity contribution in [3.8, 4) is 0 Å². The Balaban J connectivity index is 5.16. The lowest BCUT2D eigenvalue weighted by atomic mass is 10.1. The molecule has 4 N–H and O–H groups in total. The van der Waals surface area contributed by atoms with Crippen LogP contribution in [0.25, 0.3) is 10.4 Å². The van der Waals surface area contributed by atoms with Gasteiger partial charge in [0.25, 0.3) is 5.91 Å². The summed E-state index contributed by atoms with van der Waals surface area (Å²) in [6, 6.07) is -1.69. The molecule has 0 saturated carbocycles. The topological polar surface area (TPSA) is 188 Å². The average Bonchev–Trinajstić information content (AvgIpc) is 2.41. The fourth-order valence-electron chi connectivity index (χ4n) is 1.16. The van der Waals surface area contributed by atoms with Crippen LogP contribution in [0.15, 0.2) is 5.11 Å². The Bertz CT molecular complexity index is 497. The van der Waals surface area contributed by atoms with Gasteiger partial charge in [-0.25, -0.2) is 14.4 Å². The van der Waals surface area contributed by atoms with Gasteiger partial charge in [-0.15, -0.1) is 5.06 Å². The number of carbonyl (C=O) groups is 3. The molecule has 130 valence electrons. The van der Waals surface area contributed by atoms with E-state index in [1.807, 2.05) is 0 Å². The fourth-order valence-corrected chi connectivity index (χ4v) is 1.16. The standard InChI is InChI=1S/C11H19N5O7/c1-11(2,3)23-10(21)16(22-5-7(18)19)9(20)8(12)6(17)4-14-15-13/h6,8,17H,4-5,12H2,1-3H3,(H,18,19). The van der Waals surface area contributed by atoms with Crippen molar-refractivity contribution in [3.05, 3.63) is 10.4 Å². The number of azide groups is 1. The van der Waals surface area contributed by atoms with Crippen molar-refractivity contribution in [1.82, 2.24) is 5.06 Å². The number of amides is 2. The van der Waals surface area contributed by atoms with Crippen LogP contribution >= 0.6 is 0 Å². The van der Waals surface area contributed by atoms with E-state index in [1.165, 1.54) is 20.8 Å². The molecular formula is C11H19N5O7. The Hall–Kier alpha value is -2.40. The quantitative estimate of drug-likeness (QED) is 0.246. The predicted octanol–water partition coefficient (Wildman–Crippen LogP) is -0.235. The molecule has 2 amide bonds. The van der Waals surface area contributed by atoms with Crippen molar-refractivity contribution in [2.45, 2.75) is 38.5 Å². The van der Waals surface area contributed by atoms with Crippen molar-refractivity contribution in [2.24, 2.45) is 10.8 Å². The lowest BCUT2D eigenvalue weighted by molar-refractivity contribution is -0.187. The van der Waals surface area contributed by atoms with E-state index in [4.69, 9.17) is 21.1 Å². The fraction of sp³-hybridized carbons (Fsp3) is 0.727. The summed E-state index contributed by atoms with van der Waals surface area (Å²) < 4.78 is 4.89. The van der Waals surface area contributed by atoms with E-state index in [1.54, 1.807) is 0 Å². The van der Waals surface area contributed by atoms with Crippen molar-refractivity contribution >= 4 is 18.0 Å². The number of aliphatic hydroxyl groups is 1. The van der Waals surface area contributed by atoms with Crippen LogP contribution in [0.3, 0.4) is 0 Å². The van der Waals surface area contributed by atoms with Gasteiger partial charge >= 0.3 is 12.1 Å². The number of carboxylic acid groups (broad SMARTS) is 1. The van der Waals surface area contributed by atoms with E-state index < -0.39 is 48.9 Å². The first-order chi connectivity index (χ1) is 10.5. The predicted molar refractivity (Wildman–Crippen MR) is 74.7 cm³/mol. The normalized spacial score (nSPS) is 13.4. The zero-order chi connectivity index (χ0) is 18.2. The minimum atomic E-state index is -1.69. The third-order valence-electron chi connectivity index (χ3n) is 2.11. The third-order valence-corrected chi connectivity index (χ3v) is 2.11. The highest BCUT2D eigenvalue weighted by Crippen LogP contribution is 2.12. The number of aliphatic carboxylic acids is 1. The van der Waals surface area contributed by atoms with Crippen LogP contribution < -0.4 is 5.73 Å². The van der Waals surface area contributed by atoms with Gasteiger partial charge in [0.1, 0.15) is 11.6 Å². The van der Waals surface area contributed by atoms with Crippen LogP contribution in [0.5, 0.6) is 0 Å². The van der Waals surface area contributed by atoms with Crippen LogP contribution in [-0.2, 0) is 19.2 Å². The van der Waals surface area contributed by atoms with E-state index in [0.717, 1.165) is 0 Å². The summed E-state index contributed by atoms with van der Waals surface area (Å²) in [5, 5.41) is 21.2. The molecule has 2 atom stereocenters. The zero-order valence-electron chi connectivity index (χ0n) is 12.9. The Morgan fingerprint density at radius 1 is 1.39 bits per heavy atom. The Morgan fingerprint density at radius 3 is 2.39 bits per heavy atom. The summed E-state index contributed by atoms with van der Waals surface area (Å²) in [7, 11) is 0. The highest BCUT2D eigenvalue weighted by Gasteiger charge is 2.35. The molecule has 23 heavy (non-hydrogen) atoms. The summed E-state index contributed by atoms with van der Waals surface area (Å²) in [6.45, 7) is 3.01. The number of carboxylic acids is 1. The highest BCUT2D eigenvalue weighted by molar-refractivity contribution is 5.94. The lowest BCUT2D eigenvalue weighted by Crippen LogP contribution is -2.54. The zero-order valence-corrected chi connectivity index (χ0v) is 12.9. The first-order valence-corrected chi connectivity index (χ1v) is 6.35. The van der Waals surface area contributed by atoms with Crippen LogP contribution in [0.2, 0.25) is 0 Å². The van der Waals surface area contributed by atoms with E-state index in [2.05, 4.69) is 14.9 Å². The minimum absolute atomic E-state index is 0.0172. The molecule has 0 saturated heterocycles. The maximum Gasteiger partial charge on any atom is 0.442 e. The highest BCUT2D eigenvalue weighted by atomic mass is 16.7. The molecule has 12 nitrogen and oxygen atoms in total.